The topological polar surface area (TPSA) is 229 Å². The minimum atomic E-state index is -1.08. The molecule has 0 radical (unpaired) electrons. The summed E-state index contributed by atoms with van der Waals surface area (Å²) >= 11 is 0. The van der Waals surface area contributed by atoms with Crippen molar-refractivity contribution in [3.63, 3.8) is 0 Å². The van der Waals surface area contributed by atoms with Crippen LogP contribution in [0.1, 0.15) is 0 Å². The van der Waals surface area contributed by atoms with Crippen LogP contribution in [0, 0.1) is 0 Å². The molecule has 12 N–H and O–H groups in total. The predicted molar refractivity (Wildman–Crippen MR) is 35.0 cm³/mol. The van der Waals surface area contributed by atoms with Crippen molar-refractivity contribution in [2.24, 2.45) is 0 Å². The molecule has 0 unspecified atom stereocenters. The Hall–Kier alpha value is 0.586. The summed E-state index contributed by atoms with van der Waals surface area (Å²) in [6.45, 7) is 0. The largest absolute Gasteiger partial charge is 2.00 e. The Morgan fingerprint density at radius 2 is 0.800 bits per heavy atom. The van der Waals surface area contributed by atoms with Crippen molar-refractivity contribution >= 4 is 31.7 Å². The van der Waals surface area contributed by atoms with E-state index in [1.54, 1.807) is 0 Å². The summed E-state index contributed by atoms with van der Waals surface area (Å²) in [6.07, 6.45) is 0. The van der Waals surface area contributed by atoms with Crippen LogP contribution in [0.3, 0.4) is 0 Å². The quantitative estimate of drug-likeness (QED) is 0.271. The maximum atomic E-state index is 8.35. The summed E-state index contributed by atoms with van der Waals surface area (Å²) in [4.78, 5) is 8.35. The Kier molecular flexibility index (Phi) is 4090. The summed E-state index contributed by atoms with van der Waals surface area (Å²) in [5, 5.41) is 0. The van der Waals surface area contributed by atoms with E-state index in [1.165, 1.54) is 0 Å². The molecule has 0 aliphatic carbocycles. The fourth-order valence-electron chi connectivity index (χ4n) is 0. The predicted octanol–water partition coefficient (Wildman–Crippen LogP) is -5.78. The van der Waals surface area contributed by atoms with Crippen LogP contribution in [0.25, 0.3) is 0 Å². The smallest absolute Gasteiger partial charge is 0.772 e. The molecule has 10 heavy (non-hydrogen) atoms. The van der Waals surface area contributed by atoms with Crippen LogP contribution in [0.15, 0.2) is 0 Å². The van der Waals surface area contributed by atoms with E-state index in [0.29, 0.717) is 0 Å². The number of rotatable bonds is 0. The van der Waals surface area contributed by atoms with Gasteiger partial charge in [-0.15, -0.1) is 0 Å². The first-order valence-corrected chi connectivity index (χ1v) is 1.10. The summed E-state index contributed by atoms with van der Waals surface area (Å²) in [6, 6.07) is 0. The van der Waals surface area contributed by atoms with Crippen LogP contribution in [-0.2, 0) is 4.57 Å². The Labute approximate surface area is 74.5 Å². The van der Waals surface area contributed by atoms with Gasteiger partial charge in [-0.3, -0.25) is 4.57 Å². The van der Waals surface area contributed by atoms with Crippen molar-refractivity contribution in [3.8, 4) is 0 Å². The van der Waals surface area contributed by atoms with E-state index in [2.05, 4.69) is 0 Å². The maximum absolute atomic E-state index is 8.35. The van der Waals surface area contributed by atoms with E-state index in [4.69, 9.17) is 9.46 Å². The van der Waals surface area contributed by atoms with Crippen LogP contribution in [-0.4, -0.2) is 55.9 Å². The van der Waals surface area contributed by atoms with Crippen LogP contribution in [0.5, 0.6) is 0 Å². The third-order valence-corrected chi connectivity index (χ3v) is 0. The van der Waals surface area contributed by atoms with Crippen LogP contribution < -0.4 is 4.89 Å². The summed E-state index contributed by atoms with van der Waals surface area (Å²) in [5.41, 5.74) is 0. The molecule has 66 valence electrons. The standard InChI is InChI=1S/Mg.HO2P.6H2O/c;1-3-2;;;;;;/h;(H,1,2);6*1H2/q+2;;;;;;;/p-1. The molecule has 0 heterocycles. The molecule has 0 aromatic heterocycles. The molecule has 0 spiro atoms. The van der Waals surface area contributed by atoms with Crippen LogP contribution in [0.2, 0.25) is 0 Å². The van der Waals surface area contributed by atoms with Crippen molar-refractivity contribution in [1.82, 2.24) is 0 Å². The van der Waals surface area contributed by atoms with Crippen molar-refractivity contribution in [3.05, 3.63) is 0 Å². The summed E-state index contributed by atoms with van der Waals surface area (Å²) in [5.74, 6) is 0. The molecule has 0 fully saturated rings. The Bertz CT molecular complexity index is 16.7. The number of hydrogen-bond donors (Lipinski definition) is 0. The van der Waals surface area contributed by atoms with Crippen molar-refractivity contribution in [2.75, 3.05) is 0 Å². The fourth-order valence-corrected chi connectivity index (χ4v) is 0. The van der Waals surface area contributed by atoms with E-state index < -0.39 is 8.69 Å². The zero-order valence-corrected chi connectivity index (χ0v) is 7.28. The SMILES string of the molecule is O.O.O.O.O.O.O=P[O-].[Mg+2]. The molecule has 0 aliphatic rings. The van der Waals surface area contributed by atoms with E-state index in [9.17, 15) is 0 Å². The van der Waals surface area contributed by atoms with Crippen molar-refractivity contribution in [2.45, 2.75) is 0 Å². The first-order valence-electron chi connectivity index (χ1n) is 0.365. The van der Waals surface area contributed by atoms with Crippen molar-refractivity contribution < 1.29 is 42.3 Å². The van der Waals surface area contributed by atoms with Gasteiger partial charge in [0.2, 0.25) is 0 Å². The first-order chi connectivity index (χ1) is 1.41. The first kappa shape index (κ1) is 145. The normalized spacial score (nSPS) is 2.10. The van der Waals surface area contributed by atoms with E-state index in [-0.39, 0.29) is 55.9 Å². The van der Waals surface area contributed by atoms with Crippen LogP contribution >= 0.6 is 8.69 Å². The Morgan fingerprint density at radius 1 is 0.800 bits per heavy atom. The summed E-state index contributed by atoms with van der Waals surface area (Å²) in [7, 11) is -1.08. The Morgan fingerprint density at radius 3 is 0.800 bits per heavy atom. The average molecular weight is 195 g/mol. The van der Waals surface area contributed by atoms with Gasteiger partial charge in [0.15, 0.2) is 0 Å². The maximum Gasteiger partial charge on any atom is 2.00 e. The zero-order valence-electron chi connectivity index (χ0n) is 4.97. The molecule has 0 aliphatic heterocycles. The van der Waals surface area contributed by atoms with Gasteiger partial charge in [0.1, 0.15) is 0 Å². The van der Waals surface area contributed by atoms with Gasteiger partial charge in [-0.2, -0.15) is 0 Å². The van der Waals surface area contributed by atoms with Gasteiger partial charge in [0.05, 0.1) is 8.69 Å². The molecule has 0 saturated heterocycles. The molecule has 0 atom stereocenters. The minimum absolute atomic E-state index is 0. The monoisotopic (exact) mass is 195 g/mol. The molecule has 0 saturated carbocycles. The van der Waals surface area contributed by atoms with E-state index in [0.717, 1.165) is 0 Å². The molecule has 10 heteroatoms. The Balaban J connectivity index is -0.000000000952. The minimum Gasteiger partial charge on any atom is -0.772 e. The molecule has 0 aromatic rings. The van der Waals surface area contributed by atoms with Crippen LogP contribution in [0.4, 0.5) is 0 Å². The van der Waals surface area contributed by atoms with Gasteiger partial charge in [0.25, 0.3) is 0 Å². The molecule has 0 rings (SSSR count). The van der Waals surface area contributed by atoms with Gasteiger partial charge < -0.3 is 37.8 Å². The van der Waals surface area contributed by atoms with Crippen molar-refractivity contribution in [1.29, 1.82) is 0 Å². The van der Waals surface area contributed by atoms with Gasteiger partial charge in [-0.1, -0.05) is 0 Å². The third kappa shape index (κ3) is 1440. The summed E-state index contributed by atoms with van der Waals surface area (Å²) < 4.78 is 8.35. The van der Waals surface area contributed by atoms with Gasteiger partial charge in [-0.25, -0.2) is 0 Å². The van der Waals surface area contributed by atoms with E-state index >= 15 is 0 Å². The average Bonchev–Trinajstić information content (AvgIpc) is 0.918. The fraction of sp³-hybridized carbons (Fsp3) is 0. The second-order valence-electron chi connectivity index (χ2n) is 0.0745. The van der Waals surface area contributed by atoms with Gasteiger partial charge >= 0.3 is 23.1 Å². The third-order valence-electron chi connectivity index (χ3n) is 0. The van der Waals surface area contributed by atoms with E-state index in [1.807, 2.05) is 0 Å². The molecular formula is H12MgO8P+. The van der Waals surface area contributed by atoms with Gasteiger partial charge in [0, 0.05) is 0 Å². The molecule has 0 aromatic carbocycles. The second-order valence-corrected chi connectivity index (χ2v) is 0.224. The molecular weight excluding hydrogens is 183 g/mol. The number of hydrogen-bond acceptors (Lipinski definition) is 2. The zero-order chi connectivity index (χ0) is 2.71. The molecule has 0 amide bonds. The molecule has 8 nitrogen and oxygen atoms in total. The molecule has 0 bridgehead atoms. The van der Waals surface area contributed by atoms with Gasteiger partial charge in [-0.05, 0) is 0 Å². The second kappa shape index (κ2) is 281.